The molecule has 0 atom stereocenters. The molecular formula is C10H6F4N2. The van der Waals surface area contributed by atoms with Crippen LogP contribution in [0.15, 0.2) is 36.5 Å². The lowest BCUT2D eigenvalue weighted by molar-refractivity contribution is -0.141. The largest absolute Gasteiger partial charge is 0.435 e. The van der Waals surface area contributed by atoms with E-state index in [0.29, 0.717) is 0 Å². The number of hydrogen-bond donors (Lipinski definition) is 0. The Morgan fingerprint density at radius 2 is 1.75 bits per heavy atom. The maximum atomic E-state index is 13.2. The van der Waals surface area contributed by atoms with Crippen LogP contribution in [-0.4, -0.2) is 9.78 Å². The van der Waals surface area contributed by atoms with Gasteiger partial charge in [0, 0.05) is 6.20 Å². The Hall–Kier alpha value is -1.85. The van der Waals surface area contributed by atoms with E-state index in [1.54, 1.807) is 0 Å². The maximum absolute atomic E-state index is 13.2. The highest BCUT2D eigenvalue weighted by molar-refractivity contribution is 5.32. The molecule has 0 bridgehead atoms. The summed E-state index contributed by atoms with van der Waals surface area (Å²) < 4.78 is 50.8. The highest BCUT2D eigenvalue weighted by Gasteiger charge is 2.33. The Morgan fingerprint density at radius 1 is 1.06 bits per heavy atom. The molecule has 0 radical (unpaired) electrons. The lowest BCUT2D eigenvalue weighted by atomic mass is 10.3. The van der Waals surface area contributed by atoms with Crippen LogP contribution in [0.2, 0.25) is 0 Å². The molecule has 0 N–H and O–H groups in total. The van der Waals surface area contributed by atoms with Gasteiger partial charge in [-0.1, -0.05) is 12.1 Å². The summed E-state index contributed by atoms with van der Waals surface area (Å²) >= 11 is 0. The summed E-state index contributed by atoms with van der Waals surface area (Å²) in [5, 5.41) is 3.26. The standard InChI is InChI=1S/C10H6F4N2/c11-7-3-1-2-4-8(7)16-6-5-9(15-16)10(12,13)14/h1-6H. The fourth-order valence-corrected chi connectivity index (χ4v) is 1.25. The van der Waals surface area contributed by atoms with Crippen LogP contribution in [0.5, 0.6) is 0 Å². The molecule has 0 fully saturated rings. The molecule has 0 spiro atoms. The monoisotopic (exact) mass is 230 g/mol. The van der Waals surface area contributed by atoms with Crippen LogP contribution in [0.3, 0.4) is 0 Å². The minimum atomic E-state index is -4.52. The molecule has 16 heavy (non-hydrogen) atoms. The molecule has 0 saturated carbocycles. The predicted octanol–water partition coefficient (Wildman–Crippen LogP) is 3.03. The second-order valence-electron chi connectivity index (χ2n) is 3.09. The number of halogens is 4. The molecule has 2 rings (SSSR count). The molecule has 0 aliphatic heterocycles. The van der Waals surface area contributed by atoms with Gasteiger partial charge < -0.3 is 0 Å². The fourth-order valence-electron chi connectivity index (χ4n) is 1.25. The molecule has 2 nitrogen and oxygen atoms in total. The number of para-hydroxylation sites is 1. The van der Waals surface area contributed by atoms with E-state index in [2.05, 4.69) is 5.10 Å². The lowest BCUT2D eigenvalue weighted by Gasteiger charge is -2.03. The fraction of sp³-hybridized carbons (Fsp3) is 0.100. The summed E-state index contributed by atoms with van der Waals surface area (Å²) in [6.45, 7) is 0. The summed E-state index contributed by atoms with van der Waals surface area (Å²) in [5.41, 5.74) is -1.06. The van der Waals surface area contributed by atoms with Gasteiger partial charge in [-0.15, -0.1) is 0 Å². The second-order valence-corrected chi connectivity index (χ2v) is 3.09. The van der Waals surface area contributed by atoms with E-state index in [1.807, 2.05) is 0 Å². The van der Waals surface area contributed by atoms with Gasteiger partial charge in [0.15, 0.2) is 5.69 Å². The minimum Gasteiger partial charge on any atom is -0.237 e. The normalized spacial score (nSPS) is 11.8. The van der Waals surface area contributed by atoms with Crippen molar-refractivity contribution in [2.75, 3.05) is 0 Å². The first-order chi connectivity index (χ1) is 7.48. The van der Waals surface area contributed by atoms with Gasteiger partial charge in [-0.2, -0.15) is 18.3 Å². The predicted molar refractivity (Wildman–Crippen MR) is 48.5 cm³/mol. The van der Waals surface area contributed by atoms with Crippen LogP contribution in [-0.2, 0) is 6.18 Å². The first-order valence-electron chi connectivity index (χ1n) is 4.36. The van der Waals surface area contributed by atoms with Crippen molar-refractivity contribution in [3.05, 3.63) is 48.0 Å². The SMILES string of the molecule is Fc1ccccc1-n1ccc(C(F)(F)F)n1. The van der Waals surface area contributed by atoms with Gasteiger partial charge in [0.2, 0.25) is 0 Å². The first-order valence-corrected chi connectivity index (χ1v) is 4.36. The molecule has 2 aromatic rings. The van der Waals surface area contributed by atoms with Crippen molar-refractivity contribution in [3.63, 3.8) is 0 Å². The molecule has 0 amide bonds. The van der Waals surface area contributed by atoms with E-state index >= 15 is 0 Å². The van der Waals surface area contributed by atoms with Crippen LogP contribution in [0.25, 0.3) is 5.69 Å². The summed E-state index contributed by atoms with van der Waals surface area (Å²) in [5.74, 6) is -0.626. The van der Waals surface area contributed by atoms with Gasteiger partial charge in [-0.05, 0) is 18.2 Å². The average Bonchev–Trinajstić information content (AvgIpc) is 2.66. The van der Waals surface area contributed by atoms with Crippen LogP contribution in [0, 0.1) is 5.82 Å². The van der Waals surface area contributed by atoms with Crippen LogP contribution < -0.4 is 0 Å². The number of nitrogens with zero attached hydrogens (tertiary/aromatic N) is 2. The summed E-state index contributed by atoms with van der Waals surface area (Å²) in [4.78, 5) is 0. The number of hydrogen-bond acceptors (Lipinski definition) is 1. The quantitative estimate of drug-likeness (QED) is 0.688. The molecule has 84 valence electrons. The Kier molecular flexibility index (Phi) is 2.41. The number of alkyl halides is 3. The second kappa shape index (κ2) is 3.62. The van der Waals surface area contributed by atoms with Gasteiger partial charge >= 0.3 is 6.18 Å². The van der Waals surface area contributed by atoms with Crippen LogP contribution in [0.1, 0.15) is 5.69 Å². The maximum Gasteiger partial charge on any atom is 0.435 e. The number of benzene rings is 1. The van der Waals surface area contributed by atoms with E-state index in [9.17, 15) is 17.6 Å². The molecule has 1 aromatic carbocycles. The molecule has 0 saturated heterocycles. The van der Waals surface area contributed by atoms with Crippen molar-refractivity contribution in [1.29, 1.82) is 0 Å². The summed E-state index contributed by atoms with van der Waals surface area (Å²) in [6.07, 6.45) is -3.45. The molecule has 1 aromatic heterocycles. The van der Waals surface area contributed by atoms with Gasteiger partial charge in [-0.3, -0.25) is 0 Å². The third-order valence-corrected chi connectivity index (χ3v) is 1.98. The highest BCUT2D eigenvalue weighted by Crippen LogP contribution is 2.28. The van der Waals surface area contributed by atoms with Crippen molar-refractivity contribution in [2.24, 2.45) is 0 Å². The zero-order valence-electron chi connectivity index (χ0n) is 7.87. The lowest BCUT2D eigenvalue weighted by Crippen LogP contribution is -2.07. The highest BCUT2D eigenvalue weighted by atomic mass is 19.4. The third kappa shape index (κ3) is 1.91. The Bertz CT molecular complexity index is 502. The van der Waals surface area contributed by atoms with Gasteiger partial charge in [0.05, 0.1) is 0 Å². The molecule has 0 aliphatic carbocycles. The minimum absolute atomic E-state index is 0.0157. The molecular weight excluding hydrogens is 224 g/mol. The number of rotatable bonds is 1. The van der Waals surface area contributed by atoms with Crippen LogP contribution in [0.4, 0.5) is 17.6 Å². The molecule has 0 aliphatic rings. The Balaban J connectivity index is 2.44. The Morgan fingerprint density at radius 3 is 2.31 bits per heavy atom. The zero-order valence-corrected chi connectivity index (χ0v) is 7.87. The van der Waals surface area contributed by atoms with Crippen molar-refractivity contribution < 1.29 is 17.6 Å². The number of aromatic nitrogens is 2. The van der Waals surface area contributed by atoms with E-state index < -0.39 is 17.7 Å². The van der Waals surface area contributed by atoms with E-state index in [0.717, 1.165) is 23.0 Å². The topological polar surface area (TPSA) is 17.8 Å². The smallest absolute Gasteiger partial charge is 0.237 e. The van der Waals surface area contributed by atoms with Crippen molar-refractivity contribution in [3.8, 4) is 5.69 Å². The third-order valence-electron chi connectivity index (χ3n) is 1.98. The average molecular weight is 230 g/mol. The van der Waals surface area contributed by atoms with Crippen molar-refractivity contribution in [2.45, 2.75) is 6.18 Å². The van der Waals surface area contributed by atoms with Gasteiger partial charge in [-0.25, -0.2) is 9.07 Å². The summed E-state index contributed by atoms with van der Waals surface area (Å²) in [6, 6.07) is 6.28. The zero-order chi connectivity index (χ0) is 11.8. The molecule has 6 heteroatoms. The van der Waals surface area contributed by atoms with Crippen molar-refractivity contribution in [1.82, 2.24) is 9.78 Å². The van der Waals surface area contributed by atoms with E-state index in [1.165, 1.54) is 18.2 Å². The first kappa shape index (κ1) is 10.7. The van der Waals surface area contributed by atoms with E-state index in [4.69, 9.17) is 0 Å². The van der Waals surface area contributed by atoms with Gasteiger partial charge in [0.25, 0.3) is 0 Å². The van der Waals surface area contributed by atoms with Crippen molar-refractivity contribution >= 4 is 0 Å². The Labute approximate surface area is 88.1 Å². The molecule has 0 unspecified atom stereocenters. The molecule has 1 heterocycles. The van der Waals surface area contributed by atoms with E-state index in [-0.39, 0.29) is 5.69 Å². The summed E-state index contributed by atoms with van der Waals surface area (Å²) in [7, 11) is 0. The van der Waals surface area contributed by atoms with Crippen LogP contribution >= 0.6 is 0 Å². The van der Waals surface area contributed by atoms with Gasteiger partial charge in [0.1, 0.15) is 11.5 Å².